The summed E-state index contributed by atoms with van der Waals surface area (Å²) in [6.45, 7) is 4.12. The Balaban J connectivity index is 1.70. The highest BCUT2D eigenvalue weighted by Crippen LogP contribution is 2.31. The first-order valence-corrected chi connectivity index (χ1v) is 7.92. The molecule has 0 bridgehead atoms. The number of hydrogen-bond donors (Lipinski definition) is 1. The predicted molar refractivity (Wildman–Crippen MR) is 90.6 cm³/mol. The molecule has 1 aliphatic rings. The lowest BCUT2D eigenvalue weighted by Gasteiger charge is -2.27. The molecule has 0 saturated carbocycles. The maximum atomic E-state index is 12.5. The Labute approximate surface area is 141 Å². The van der Waals surface area contributed by atoms with Crippen molar-refractivity contribution in [3.8, 4) is 17.2 Å². The Hall–Kier alpha value is -2.69. The van der Waals surface area contributed by atoms with Crippen LogP contribution in [-0.4, -0.2) is 25.7 Å². The zero-order valence-electron chi connectivity index (χ0n) is 14.0. The molecule has 3 rings (SSSR count). The van der Waals surface area contributed by atoms with Gasteiger partial charge in [-0.3, -0.25) is 4.79 Å². The number of amides is 1. The normalized spacial score (nSPS) is 17.0. The van der Waals surface area contributed by atoms with Crippen LogP contribution in [-0.2, 0) is 4.79 Å². The number of carbonyl (C=O) groups is 1. The number of aryl methyl sites for hydroxylation is 1. The van der Waals surface area contributed by atoms with Crippen LogP contribution in [0.1, 0.15) is 24.1 Å². The number of ether oxygens (including phenoxy) is 3. The van der Waals surface area contributed by atoms with Gasteiger partial charge in [0.1, 0.15) is 12.4 Å². The van der Waals surface area contributed by atoms with Gasteiger partial charge in [0.15, 0.2) is 11.5 Å². The second-order valence-corrected chi connectivity index (χ2v) is 5.84. The van der Waals surface area contributed by atoms with E-state index >= 15 is 0 Å². The van der Waals surface area contributed by atoms with E-state index in [9.17, 15) is 4.79 Å². The molecule has 0 radical (unpaired) electrons. The second kappa shape index (κ2) is 6.83. The van der Waals surface area contributed by atoms with Crippen LogP contribution in [0.25, 0.3) is 0 Å². The van der Waals surface area contributed by atoms with Crippen molar-refractivity contribution in [1.82, 2.24) is 5.32 Å². The molecule has 1 aliphatic heterocycles. The molecule has 1 heterocycles. The van der Waals surface area contributed by atoms with E-state index in [1.54, 1.807) is 13.2 Å². The van der Waals surface area contributed by atoms with Gasteiger partial charge in [0.2, 0.25) is 6.10 Å². The van der Waals surface area contributed by atoms with Gasteiger partial charge in [0, 0.05) is 5.56 Å². The van der Waals surface area contributed by atoms with E-state index in [4.69, 9.17) is 14.2 Å². The Morgan fingerprint density at radius 1 is 1.25 bits per heavy atom. The minimum atomic E-state index is -0.668. The summed E-state index contributed by atoms with van der Waals surface area (Å²) in [5, 5.41) is 2.97. The molecule has 126 valence electrons. The monoisotopic (exact) mass is 327 g/mol. The molecule has 2 aromatic carbocycles. The summed E-state index contributed by atoms with van der Waals surface area (Å²) in [6.07, 6.45) is -0.668. The Kier molecular flexibility index (Phi) is 4.60. The van der Waals surface area contributed by atoms with Crippen molar-refractivity contribution in [3.63, 3.8) is 0 Å². The molecule has 1 N–H and O–H groups in total. The van der Waals surface area contributed by atoms with Crippen LogP contribution in [0, 0.1) is 6.92 Å². The van der Waals surface area contributed by atoms with Gasteiger partial charge in [-0.2, -0.15) is 0 Å². The van der Waals surface area contributed by atoms with Gasteiger partial charge in [-0.1, -0.05) is 29.8 Å². The molecule has 2 unspecified atom stereocenters. The van der Waals surface area contributed by atoms with Crippen molar-refractivity contribution in [2.75, 3.05) is 13.7 Å². The third kappa shape index (κ3) is 3.30. The smallest absolute Gasteiger partial charge is 0.265 e. The lowest BCUT2D eigenvalue weighted by Crippen LogP contribution is -2.44. The molecular weight excluding hydrogens is 306 g/mol. The zero-order valence-corrected chi connectivity index (χ0v) is 14.0. The molecule has 0 aromatic heterocycles. The van der Waals surface area contributed by atoms with Gasteiger partial charge in [-0.25, -0.2) is 0 Å². The van der Waals surface area contributed by atoms with E-state index in [0.29, 0.717) is 11.5 Å². The van der Waals surface area contributed by atoms with Crippen LogP contribution in [0.5, 0.6) is 17.2 Å². The van der Waals surface area contributed by atoms with Crippen LogP contribution < -0.4 is 19.5 Å². The third-order valence-electron chi connectivity index (χ3n) is 4.01. The highest BCUT2D eigenvalue weighted by atomic mass is 16.6. The average molecular weight is 327 g/mol. The molecule has 5 nitrogen and oxygen atoms in total. The van der Waals surface area contributed by atoms with Gasteiger partial charge < -0.3 is 19.5 Å². The Morgan fingerprint density at radius 2 is 2.00 bits per heavy atom. The molecule has 0 fully saturated rings. The van der Waals surface area contributed by atoms with Crippen LogP contribution in [0.2, 0.25) is 0 Å². The Morgan fingerprint density at radius 3 is 2.75 bits per heavy atom. The fourth-order valence-electron chi connectivity index (χ4n) is 2.72. The van der Waals surface area contributed by atoms with Crippen LogP contribution >= 0.6 is 0 Å². The minimum absolute atomic E-state index is 0.195. The molecule has 24 heavy (non-hydrogen) atoms. The first-order chi connectivity index (χ1) is 11.6. The highest BCUT2D eigenvalue weighted by Gasteiger charge is 2.28. The van der Waals surface area contributed by atoms with Crippen molar-refractivity contribution in [3.05, 3.63) is 53.6 Å². The predicted octanol–water partition coefficient (Wildman–Crippen LogP) is 3.02. The van der Waals surface area contributed by atoms with Crippen molar-refractivity contribution in [2.45, 2.75) is 26.0 Å². The summed E-state index contributed by atoms with van der Waals surface area (Å²) in [6, 6.07) is 13.0. The van der Waals surface area contributed by atoms with E-state index in [2.05, 4.69) is 5.32 Å². The number of carbonyl (C=O) groups excluding carboxylic acids is 1. The summed E-state index contributed by atoms with van der Waals surface area (Å²) >= 11 is 0. The van der Waals surface area contributed by atoms with Crippen LogP contribution in [0.4, 0.5) is 0 Å². The summed E-state index contributed by atoms with van der Waals surface area (Å²) in [5.41, 5.74) is 2.04. The number of fused-ring (bicyclic) bond motifs is 1. The molecule has 2 aromatic rings. The van der Waals surface area contributed by atoms with Gasteiger partial charge >= 0.3 is 0 Å². The van der Waals surface area contributed by atoms with Crippen molar-refractivity contribution >= 4 is 5.91 Å². The number of rotatable bonds is 4. The largest absolute Gasteiger partial charge is 0.496 e. The number of para-hydroxylation sites is 2. The van der Waals surface area contributed by atoms with Gasteiger partial charge in [-0.15, -0.1) is 0 Å². The SMILES string of the molecule is COc1ccc(C)cc1C(C)NC(=O)C1COc2ccccc2O1. The quantitative estimate of drug-likeness (QED) is 0.938. The van der Waals surface area contributed by atoms with Crippen LogP contribution in [0.15, 0.2) is 42.5 Å². The molecule has 0 saturated heterocycles. The van der Waals surface area contributed by atoms with E-state index < -0.39 is 6.10 Å². The lowest BCUT2D eigenvalue weighted by atomic mass is 10.0. The van der Waals surface area contributed by atoms with E-state index in [-0.39, 0.29) is 18.6 Å². The first-order valence-electron chi connectivity index (χ1n) is 7.92. The second-order valence-electron chi connectivity index (χ2n) is 5.84. The number of methoxy groups -OCH3 is 1. The summed E-state index contributed by atoms with van der Waals surface area (Å²) in [4.78, 5) is 12.5. The van der Waals surface area contributed by atoms with Crippen molar-refractivity contribution < 1.29 is 19.0 Å². The summed E-state index contributed by atoms with van der Waals surface area (Å²) in [7, 11) is 1.62. The van der Waals surface area contributed by atoms with Gasteiger partial charge in [-0.05, 0) is 32.0 Å². The minimum Gasteiger partial charge on any atom is -0.496 e. The summed E-state index contributed by atoms with van der Waals surface area (Å²) in [5.74, 6) is 1.79. The fourth-order valence-corrected chi connectivity index (χ4v) is 2.72. The van der Waals surface area contributed by atoms with Gasteiger partial charge in [0.25, 0.3) is 5.91 Å². The molecule has 1 amide bonds. The van der Waals surface area contributed by atoms with E-state index in [1.807, 2.05) is 50.2 Å². The Bertz CT molecular complexity index is 744. The zero-order chi connectivity index (χ0) is 17.1. The molecule has 5 heteroatoms. The van der Waals surface area contributed by atoms with Crippen molar-refractivity contribution in [1.29, 1.82) is 0 Å². The van der Waals surface area contributed by atoms with Gasteiger partial charge in [0.05, 0.1) is 13.2 Å². The fraction of sp³-hybridized carbons (Fsp3) is 0.316. The van der Waals surface area contributed by atoms with E-state index in [1.165, 1.54) is 0 Å². The molecular formula is C19H21NO4. The average Bonchev–Trinajstić information content (AvgIpc) is 2.61. The number of benzene rings is 2. The maximum absolute atomic E-state index is 12.5. The number of hydrogen-bond acceptors (Lipinski definition) is 4. The standard InChI is InChI=1S/C19H21NO4/c1-12-8-9-15(22-3)14(10-12)13(2)20-19(21)18-11-23-16-6-4-5-7-17(16)24-18/h4-10,13,18H,11H2,1-3H3,(H,20,21). The van der Waals surface area contributed by atoms with Crippen LogP contribution in [0.3, 0.4) is 0 Å². The number of nitrogens with one attached hydrogen (secondary N) is 1. The first kappa shape index (κ1) is 16.2. The highest BCUT2D eigenvalue weighted by molar-refractivity contribution is 5.82. The lowest BCUT2D eigenvalue weighted by molar-refractivity contribution is -0.131. The van der Waals surface area contributed by atoms with Crippen molar-refractivity contribution in [2.24, 2.45) is 0 Å². The summed E-state index contributed by atoms with van der Waals surface area (Å²) < 4.78 is 16.7. The topological polar surface area (TPSA) is 56.8 Å². The molecule has 2 atom stereocenters. The maximum Gasteiger partial charge on any atom is 0.265 e. The van der Waals surface area contributed by atoms with E-state index in [0.717, 1.165) is 16.9 Å². The third-order valence-corrected chi connectivity index (χ3v) is 4.01. The molecule has 0 aliphatic carbocycles. The molecule has 0 spiro atoms.